The van der Waals surface area contributed by atoms with E-state index in [2.05, 4.69) is 0 Å². The molecule has 1 aliphatic heterocycles. The Bertz CT molecular complexity index is 717. The van der Waals surface area contributed by atoms with Crippen LogP contribution in [-0.4, -0.2) is 62.7 Å². The molecule has 26 heavy (non-hydrogen) atoms. The highest BCUT2D eigenvalue weighted by atomic mass is 16.6. The van der Waals surface area contributed by atoms with Crippen molar-refractivity contribution in [2.24, 2.45) is 34.5 Å². The van der Waals surface area contributed by atoms with Gasteiger partial charge in [0.1, 0.15) is 12.2 Å². The number of fused-ring (bicyclic) bond motifs is 2. The van der Waals surface area contributed by atoms with Gasteiger partial charge in [0.25, 0.3) is 0 Å². The van der Waals surface area contributed by atoms with Crippen molar-refractivity contribution in [3.63, 3.8) is 0 Å². The molecule has 1 heterocycles. The van der Waals surface area contributed by atoms with E-state index in [0.29, 0.717) is 5.57 Å². The van der Waals surface area contributed by atoms with Gasteiger partial charge >= 0.3 is 5.97 Å². The summed E-state index contributed by atoms with van der Waals surface area (Å²) in [6.07, 6.45) is -4.55. The van der Waals surface area contributed by atoms with E-state index in [1.165, 1.54) is 6.08 Å². The summed E-state index contributed by atoms with van der Waals surface area (Å²) in [4.78, 5) is 25.0. The van der Waals surface area contributed by atoms with E-state index < -0.39 is 76.8 Å². The summed E-state index contributed by atoms with van der Waals surface area (Å²) in [5, 5.41) is 43.6. The van der Waals surface area contributed by atoms with E-state index in [-0.39, 0.29) is 0 Å². The topological polar surface area (TPSA) is 124 Å². The second-order valence-electron chi connectivity index (χ2n) is 9.05. The van der Waals surface area contributed by atoms with Gasteiger partial charge in [-0.15, -0.1) is 0 Å². The highest BCUT2D eigenvalue weighted by molar-refractivity contribution is 5.96. The molecule has 4 N–H and O–H groups in total. The largest absolute Gasteiger partial charge is 0.459 e. The molecule has 3 aliphatic carbocycles. The molecule has 2 saturated carbocycles. The second-order valence-corrected chi connectivity index (χ2v) is 9.05. The minimum atomic E-state index is -1.44. The number of ether oxygens (including phenoxy) is 1. The Morgan fingerprint density at radius 1 is 0.962 bits per heavy atom. The van der Waals surface area contributed by atoms with Gasteiger partial charge < -0.3 is 25.2 Å². The van der Waals surface area contributed by atoms with E-state index >= 15 is 0 Å². The maximum Gasteiger partial charge on any atom is 0.310 e. The summed E-state index contributed by atoms with van der Waals surface area (Å²) < 4.78 is 5.56. The summed E-state index contributed by atoms with van der Waals surface area (Å²) >= 11 is 0. The maximum absolute atomic E-state index is 12.6. The van der Waals surface area contributed by atoms with Gasteiger partial charge in [-0.3, -0.25) is 9.59 Å². The summed E-state index contributed by atoms with van der Waals surface area (Å²) in [6.45, 7) is 6.80. The summed E-state index contributed by atoms with van der Waals surface area (Å²) in [7, 11) is 0. The molecular formula is C19H26O7. The number of esters is 1. The predicted molar refractivity (Wildman–Crippen MR) is 88.5 cm³/mol. The third-order valence-corrected chi connectivity index (χ3v) is 7.92. The lowest BCUT2D eigenvalue weighted by Gasteiger charge is -2.65. The van der Waals surface area contributed by atoms with Crippen molar-refractivity contribution >= 4 is 11.8 Å². The van der Waals surface area contributed by atoms with Crippen LogP contribution < -0.4 is 0 Å². The summed E-state index contributed by atoms with van der Waals surface area (Å²) in [6, 6.07) is 0. The zero-order valence-corrected chi connectivity index (χ0v) is 15.3. The number of aliphatic hydroxyl groups excluding tert-OH is 4. The molecule has 0 amide bonds. The van der Waals surface area contributed by atoms with Crippen molar-refractivity contribution < 1.29 is 34.8 Å². The molecule has 0 aromatic heterocycles. The lowest BCUT2D eigenvalue weighted by atomic mass is 9.39. The standard InChI is InChI=1S/C19H26O7/c1-6-5-8(20)15(24)18(3)9(6)12(22)16-19(4)10(17(25)26-16)7(2)11(21)13(23)14(18)19/h5,7,9-16,21-24H,1-4H3/t7-,9-,10-,11-,12-,13+,14-,15-,16-,18+,19+/m1/s1. The van der Waals surface area contributed by atoms with Gasteiger partial charge in [0.05, 0.1) is 24.2 Å². The number of hydrogen-bond acceptors (Lipinski definition) is 7. The first-order valence-electron chi connectivity index (χ1n) is 9.13. The molecule has 0 unspecified atom stereocenters. The minimum absolute atomic E-state index is 0.488. The average Bonchev–Trinajstić information content (AvgIpc) is 2.81. The van der Waals surface area contributed by atoms with E-state index in [9.17, 15) is 30.0 Å². The predicted octanol–water partition coefficient (Wildman–Crippen LogP) is -0.591. The van der Waals surface area contributed by atoms with Crippen molar-refractivity contribution in [1.29, 1.82) is 0 Å². The molecule has 144 valence electrons. The van der Waals surface area contributed by atoms with E-state index in [4.69, 9.17) is 4.74 Å². The van der Waals surface area contributed by atoms with Crippen molar-refractivity contribution in [3.05, 3.63) is 11.6 Å². The van der Waals surface area contributed by atoms with Gasteiger partial charge in [-0.05, 0) is 18.9 Å². The quantitative estimate of drug-likeness (QED) is 0.422. The molecule has 4 rings (SSSR count). The molecule has 0 aromatic rings. The van der Waals surface area contributed by atoms with Crippen LogP contribution in [0.15, 0.2) is 11.6 Å². The van der Waals surface area contributed by atoms with Crippen LogP contribution >= 0.6 is 0 Å². The van der Waals surface area contributed by atoms with Gasteiger partial charge in [0, 0.05) is 22.7 Å². The second kappa shape index (κ2) is 5.16. The van der Waals surface area contributed by atoms with Gasteiger partial charge in [-0.2, -0.15) is 0 Å². The van der Waals surface area contributed by atoms with Crippen molar-refractivity contribution in [2.45, 2.75) is 58.2 Å². The fourth-order valence-corrected chi connectivity index (χ4v) is 6.99. The number of carbonyl (C=O) groups excluding carboxylic acids is 2. The molecule has 0 spiro atoms. The lowest BCUT2D eigenvalue weighted by Crippen LogP contribution is -2.74. The SMILES string of the molecule is CC1=CC(=O)[C@@H](O)[C@]2(C)[C@H]3[C@@H](O)[C@H](O)[C@H](C)[C@@H]4C(=O)O[C@H]([C@H](O)[C@@H]12)[C@]34C. The first kappa shape index (κ1) is 18.1. The number of aliphatic hydroxyl groups is 4. The van der Waals surface area contributed by atoms with E-state index in [0.717, 1.165) is 0 Å². The number of carbonyl (C=O) groups is 2. The third kappa shape index (κ3) is 1.73. The van der Waals surface area contributed by atoms with Gasteiger partial charge in [0.15, 0.2) is 5.78 Å². The highest BCUT2D eigenvalue weighted by Gasteiger charge is 2.77. The van der Waals surface area contributed by atoms with Crippen molar-refractivity contribution in [2.75, 3.05) is 0 Å². The molecule has 4 aliphatic rings. The van der Waals surface area contributed by atoms with Crippen molar-refractivity contribution in [3.8, 4) is 0 Å². The van der Waals surface area contributed by atoms with Crippen LogP contribution in [0.3, 0.4) is 0 Å². The Kier molecular flexibility index (Phi) is 3.59. The number of ketones is 1. The summed E-state index contributed by atoms with van der Waals surface area (Å²) in [5.74, 6) is -3.75. The molecule has 1 saturated heterocycles. The zero-order chi connectivity index (χ0) is 19.3. The summed E-state index contributed by atoms with van der Waals surface area (Å²) in [5.41, 5.74) is -1.65. The monoisotopic (exact) mass is 366 g/mol. The van der Waals surface area contributed by atoms with E-state index in [1.54, 1.807) is 27.7 Å². The van der Waals surface area contributed by atoms with Crippen LogP contribution in [-0.2, 0) is 14.3 Å². The Morgan fingerprint density at radius 2 is 1.58 bits per heavy atom. The van der Waals surface area contributed by atoms with Crippen LogP contribution in [0, 0.1) is 34.5 Å². The third-order valence-electron chi connectivity index (χ3n) is 7.92. The molecule has 3 fully saturated rings. The normalized spacial score (nSPS) is 58.6. The molecule has 0 aromatic carbocycles. The first-order chi connectivity index (χ1) is 12.0. The Labute approximate surface area is 151 Å². The Morgan fingerprint density at radius 3 is 2.19 bits per heavy atom. The smallest absolute Gasteiger partial charge is 0.310 e. The molecule has 0 bridgehead atoms. The molecule has 11 atom stereocenters. The highest BCUT2D eigenvalue weighted by Crippen LogP contribution is 2.68. The molecular weight excluding hydrogens is 340 g/mol. The fraction of sp³-hybridized carbons (Fsp3) is 0.789. The Balaban J connectivity index is 2.00. The van der Waals surface area contributed by atoms with Crippen molar-refractivity contribution in [1.82, 2.24) is 0 Å². The lowest BCUT2D eigenvalue weighted by molar-refractivity contribution is -0.266. The minimum Gasteiger partial charge on any atom is -0.459 e. The van der Waals surface area contributed by atoms with Gasteiger partial charge in [-0.25, -0.2) is 0 Å². The number of rotatable bonds is 0. The Hall–Kier alpha value is -1.28. The maximum atomic E-state index is 12.6. The van der Waals surface area contributed by atoms with Gasteiger partial charge in [-0.1, -0.05) is 26.3 Å². The number of hydrogen-bond donors (Lipinski definition) is 4. The van der Waals surface area contributed by atoms with Crippen LogP contribution in [0.2, 0.25) is 0 Å². The molecule has 7 nitrogen and oxygen atoms in total. The zero-order valence-electron chi connectivity index (χ0n) is 15.3. The van der Waals surface area contributed by atoms with Crippen LogP contribution in [0.25, 0.3) is 0 Å². The molecule has 7 heteroatoms. The van der Waals surface area contributed by atoms with E-state index in [1.807, 2.05) is 0 Å². The van der Waals surface area contributed by atoms with Crippen LogP contribution in [0.4, 0.5) is 0 Å². The van der Waals surface area contributed by atoms with Gasteiger partial charge in [0.2, 0.25) is 0 Å². The molecule has 0 radical (unpaired) electrons. The van der Waals surface area contributed by atoms with Crippen LogP contribution in [0.1, 0.15) is 27.7 Å². The fourth-order valence-electron chi connectivity index (χ4n) is 6.99. The first-order valence-corrected chi connectivity index (χ1v) is 9.13. The van der Waals surface area contributed by atoms with Crippen LogP contribution in [0.5, 0.6) is 0 Å². The average molecular weight is 366 g/mol.